The Kier molecular flexibility index (Phi) is 3.68. The molecular formula is C12H12ClFN4O2S. The van der Waals surface area contributed by atoms with Crippen LogP contribution in [0.4, 0.5) is 4.39 Å². The van der Waals surface area contributed by atoms with Gasteiger partial charge in [-0.3, -0.25) is 0 Å². The third kappa shape index (κ3) is 3.07. The maximum Gasteiger partial charge on any atom is 0.214 e. The zero-order valence-electron chi connectivity index (χ0n) is 10.8. The molecule has 112 valence electrons. The van der Waals surface area contributed by atoms with Crippen LogP contribution in [-0.4, -0.2) is 28.7 Å². The van der Waals surface area contributed by atoms with Crippen LogP contribution in [0.2, 0.25) is 5.02 Å². The van der Waals surface area contributed by atoms with E-state index in [2.05, 4.69) is 15.0 Å². The minimum absolute atomic E-state index is 0.0148. The average Bonchev–Trinajstić information content (AvgIpc) is 3.21. The lowest BCUT2D eigenvalue weighted by molar-refractivity contribution is 0.579. The first-order valence-electron chi connectivity index (χ1n) is 6.31. The Morgan fingerprint density at radius 2 is 2.19 bits per heavy atom. The molecule has 3 rings (SSSR count). The Morgan fingerprint density at radius 1 is 1.43 bits per heavy atom. The predicted octanol–water partition coefficient (Wildman–Crippen LogP) is 1.64. The van der Waals surface area contributed by atoms with Gasteiger partial charge in [-0.25, -0.2) is 22.2 Å². The molecule has 1 aromatic heterocycles. The van der Waals surface area contributed by atoms with E-state index in [9.17, 15) is 12.8 Å². The summed E-state index contributed by atoms with van der Waals surface area (Å²) in [6, 6.07) is 4.54. The molecule has 2 aromatic rings. The first-order valence-corrected chi connectivity index (χ1v) is 8.24. The zero-order valence-corrected chi connectivity index (χ0v) is 12.4. The third-order valence-corrected chi connectivity index (χ3v) is 5.32. The van der Waals surface area contributed by atoms with Crippen molar-refractivity contribution in [2.45, 2.75) is 24.6 Å². The molecule has 1 aliphatic rings. The summed E-state index contributed by atoms with van der Waals surface area (Å²) >= 11 is 5.71. The molecule has 1 heterocycles. The van der Waals surface area contributed by atoms with E-state index in [1.165, 1.54) is 23.0 Å². The zero-order chi connectivity index (χ0) is 15.0. The molecule has 1 aromatic carbocycles. The predicted molar refractivity (Wildman–Crippen MR) is 75.1 cm³/mol. The first-order chi connectivity index (χ1) is 9.97. The number of nitrogens with zero attached hydrogens (tertiary/aromatic N) is 3. The van der Waals surface area contributed by atoms with E-state index < -0.39 is 15.8 Å². The topological polar surface area (TPSA) is 76.9 Å². The Balaban J connectivity index is 1.76. The van der Waals surface area contributed by atoms with Gasteiger partial charge in [0.1, 0.15) is 5.69 Å². The molecule has 0 bridgehead atoms. The van der Waals surface area contributed by atoms with Gasteiger partial charge in [0.15, 0.2) is 5.82 Å². The monoisotopic (exact) mass is 330 g/mol. The molecule has 1 aliphatic carbocycles. The largest absolute Gasteiger partial charge is 0.217 e. The van der Waals surface area contributed by atoms with Crippen LogP contribution in [0.3, 0.4) is 0 Å². The lowest BCUT2D eigenvalue weighted by Crippen LogP contribution is -2.26. The van der Waals surface area contributed by atoms with Crippen molar-refractivity contribution in [3.8, 4) is 5.69 Å². The van der Waals surface area contributed by atoms with Gasteiger partial charge in [0.05, 0.1) is 28.7 Å². The summed E-state index contributed by atoms with van der Waals surface area (Å²) in [6.07, 6.45) is 2.84. The highest BCUT2D eigenvalue weighted by Gasteiger charge is 2.35. The summed E-state index contributed by atoms with van der Waals surface area (Å²) in [6.45, 7) is 0.0288. The van der Waals surface area contributed by atoms with E-state index in [1.54, 1.807) is 6.07 Å². The molecule has 1 saturated carbocycles. The van der Waals surface area contributed by atoms with Crippen molar-refractivity contribution >= 4 is 21.6 Å². The molecule has 6 nitrogen and oxygen atoms in total. The number of sulfonamides is 1. The second kappa shape index (κ2) is 5.36. The van der Waals surface area contributed by atoms with Gasteiger partial charge in [0.25, 0.3) is 0 Å². The van der Waals surface area contributed by atoms with Crippen molar-refractivity contribution in [1.29, 1.82) is 0 Å². The SMILES string of the molecule is O=S(=O)(NCc1cn(-c2cccc(Cl)c2F)nn1)C1CC1. The summed E-state index contributed by atoms with van der Waals surface area (Å²) in [7, 11) is -3.28. The second-order valence-electron chi connectivity index (χ2n) is 4.79. The van der Waals surface area contributed by atoms with Crippen LogP contribution in [0.1, 0.15) is 18.5 Å². The van der Waals surface area contributed by atoms with Crippen molar-refractivity contribution < 1.29 is 12.8 Å². The lowest BCUT2D eigenvalue weighted by atomic mass is 10.3. The fourth-order valence-electron chi connectivity index (χ4n) is 1.84. The molecule has 0 radical (unpaired) electrons. The standard InChI is InChI=1S/C12H12ClFN4O2S/c13-10-2-1-3-11(12(10)14)18-7-8(16-17-18)6-15-21(19,20)9-4-5-9/h1-3,7,9,15H,4-6H2. The van der Waals surface area contributed by atoms with E-state index in [1.807, 2.05) is 0 Å². The van der Waals surface area contributed by atoms with Crippen molar-refractivity contribution in [3.63, 3.8) is 0 Å². The Morgan fingerprint density at radius 3 is 2.90 bits per heavy atom. The highest BCUT2D eigenvalue weighted by molar-refractivity contribution is 7.90. The number of hydrogen-bond donors (Lipinski definition) is 1. The smallest absolute Gasteiger partial charge is 0.214 e. The number of halogens is 2. The van der Waals surface area contributed by atoms with Gasteiger partial charge in [-0.1, -0.05) is 22.9 Å². The van der Waals surface area contributed by atoms with Crippen LogP contribution < -0.4 is 4.72 Å². The summed E-state index contributed by atoms with van der Waals surface area (Å²) in [5, 5.41) is 7.30. The van der Waals surface area contributed by atoms with Crippen LogP contribution in [0.5, 0.6) is 0 Å². The van der Waals surface area contributed by atoms with E-state index in [4.69, 9.17) is 11.6 Å². The number of nitrogens with one attached hydrogen (secondary N) is 1. The molecule has 0 atom stereocenters. The fraction of sp³-hybridized carbons (Fsp3) is 0.333. The lowest BCUT2D eigenvalue weighted by Gasteiger charge is -2.03. The average molecular weight is 331 g/mol. The van der Waals surface area contributed by atoms with Crippen molar-refractivity contribution in [1.82, 2.24) is 19.7 Å². The van der Waals surface area contributed by atoms with Crippen LogP contribution in [0, 0.1) is 5.82 Å². The highest BCUT2D eigenvalue weighted by atomic mass is 35.5. The molecule has 0 aliphatic heterocycles. The van der Waals surface area contributed by atoms with Crippen molar-refractivity contribution in [3.05, 3.63) is 40.9 Å². The number of benzene rings is 1. The Bertz CT molecular complexity index is 773. The summed E-state index contributed by atoms with van der Waals surface area (Å²) in [4.78, 5) is 0. The van der Waals surface area contributed by atoms with Crippen molar-refractivity contribution in [2.24, 2.45) is 0 Å². The third-order valence-electron chi connectivity index (χ3n) is 3.14. The normalized spacial score (nSPS) is 15.3. The van der Waals surface area contributed by atoms with Gasteiger partial charge in [0.2, 0.25) is 10.0 Å². The van der Waals surface area contributed by atoms with Crippen LogP contribution >= 0.6 is 11.6 Å². The highest BCUT2D eigenvalue weighted by Crippen LogP contribution is 2.27. The van der Waals surface area contributed by atoms with Crippen LogP contribution in [-0.2, 0) is 16.6 Å². The van der Waals surface area contributed by atoms with Gasteiger partial charge in [-0.15, -0.1) is 5.10 Å². The maximum atomic E-state index is 13.9. The molecular weight excluding hydrogens is 319 g/mol. The second-order valence-corrected chi connectivity index (χ2v) is 7.25. The fourth-order valence-corrected chi connectivity index (χ4v) is 3.35. The molecule has 0 saturated heterocycles. The summed E-state index contributed by atoms with van der Waals surface area (Å²) < 4.78 is 40.9. The van der Waals surface area contributed by atoms with Gasteiger partial charge in [0, 0.05) is 0 Å². The van der Waals surface area contributed by atoms with Gasteiger partial charge >= 0.3 is 0 Å². The summed E-state index contributed by atoms with van der Waals surface area (Å²) in [5.74, 6) is -0.603. The van der Waals surface area contributed by atoms with E-state index in [0.29, 0.717) is 18.5 Å². The molecule has 9 heteroatoms. The first kappa shape index (κ1) is 14.4. The number of hydrogen-bond acceptors (Lipinski definition) is 4. The quantitative estimate of drug-likeness (QED) is 0.904. The van der Waals surface area contributed by atoms with Crippen molar-refractivity contribution in [2.75, 3.05) is 0 Å². The number of rotatable bonds is 5. The molecule has 0 spiro atoms. The van der Waals surface area contributed by atoms with Crippen LogP contribution in [0.25, 0.3) is 5.69 Å². The molecule has 1 N–H and O–H groups in total. The van der Waals surface area contributed by atoms with E-state index >= 15 is 0 Å². The minimum atomic E-state index is -3.28. The van der Waals surface area contributed by atoms with Gasteiger partial charge in [-0.05, 0) is 25.0 Å². The van der Waals surface area contributed by atoms with E-state index in [0.717, 1.165) is 0 Å². The molecule has 0 unspecified atom stereocenters. The van der Waals surface area contributed by atoms with Gasteiger partial charge < -0.3 is 0 Å². The molecule has 0 amide bonds. The Hall–Kier alpha value is -1.51. The maximum absolute atomic E-state index is 13.9. The molecule has 21 heavy (non-hydrogen) atoms. The molecule has 1 fully saturated rings. The summed E-state index contributed by atoms with van der Waals surface area (Å²) in [5.41, 5.74) is 0.560. The Labute approximate surface area is 126 Å². The van der Waals surface area contributed by atoms with Gasteiger partial charge in [-0.2, -0.15) is 0 Å². The number of aromatic nitrogens is 3. The minimum Gasteiger partial charge on any atom is -0.217 e. The van der Waals surface area contributed by atoms with Crippen LogP contribution in [0.15, 0.2) is 24.4 Å². The van der Waals surface area contributed by atoms with E-state index in [-0.39, 0.29) is 22.5 Å².